The van der Waals surface area contributed by atoms with Crippen molar-refractivity contribution in [2.75, 3.05) is 13.7 Å². The monoisotopic (exact) mass is 354 g/mol. The van der Waals surface area contributed by atoms with Crippen molar-refractivity contribution in [2.45, 2.75) is 25.5 Å². The van der Waals surface area contributed by atoms with Crippen LogP contribution in [0.3, 0.4) is 0 Å². The van der Waals surface area contributed by atoms with Gasteiger partial charge in [0.15, 0.2) is 5.17 Å². The molecule has 0 radical (unpaired) electrons. The minimum Gasteiger partial charge on any atom is -0.497 e. The lowest BCUT2D eigenvalue weighted by atomic mass is 10.1. The molecule has 1 amide bonds. The molecule has 0 aromatic heterocycles. The molecule has 5 heteroatoms. The normalized spacial score (nSPS) is 18.8. The van der Waals surface area contributed by atoms with Crippen LogP contribution in [0, 0.1) is 6.92 Å². The van der Waals surface area contributed by atoms with E-state index in [1.165, 1.54) is 11.1 Å². The van der Waals surface area contributed by atoms with Gasteiger partial charge in [-0.05, 0) is 50.1 Å². The molecule has 0 bridgehead atoms. The van der Waals surface area contributed by atoms with Gasteiger partial charge in [-0.15, -0.1) is 0 Å². The van der Waals surface area contributed by atoms with Crippen LogP contribution in [-0.4, -0.2) is 34.9 Å². The van der Waals surface area contributed by atoms with Gasteiger partial charge in [-0.1, -0.05) is 41.6 Å². The number of aliphatic imine (C=N–C) groups is 1. The highest BCUT2D eigenvalue weighted by Gasteiger charge is 2.36. The van der Waals surface area contributed by atoms with Crippen molar-refractivity contribution in [1.29, 1.82) is 0 Å². The van der Waals surface area contributed by atoms with Gasteiger partial charge in [0.25, 0.3) is 0 Å². The maximum absolute atomic E-state index is 12.7. The van der Waals surface area contributed by atoms with E-state index >= 15 is 0 Å². The van der Waals surface area contributed by atoms with Crippen LogP contribution in [0.5, 0.6) is 5.75 Å². The van der Waals surface area contributed by atoms with Gasteiger partial charge in [-0.25, -0.2) is 4.99 Å². The van der Waals surface area contributed by atoms with Crippen molar-refractivity contribution in [3.63, 3.8) is 0 Å². The summed E-state index contributed by atoms with van der Waals surface area (Å²) < 4.78 is 5.17. The molecular weight excluding hydrogens is 332 g/mol. The van der Waals surface area contributed by atoms with E-state index in [1.807, 2.05) is 31.2 Å². The van der Waals surface area contributed by atoms with Crippen LogP contribution in [0.2, 0.25) is 0 Å². The number of thioether (sulfide) groups is 1. The minimum atomic E-state index is -0.111. The molecule has 1 saturated heterocycles. The van der Waals surface area contributed by atoms with Crippen LogP contribution in [0.15, 0.2) is 53.5 Å². The first-order valence-corrected chi connectivity index (χ1v) is 9.25. The number of ether oxygens (including phenoxy) is 1. The van der Waals surface area contributed by atoms with Gasteiger partial charge in [-0.2, -0.15) is 0 Å². The second kappa shape index (κ2) is 7.74. The fraction of sp³-hybridized carbons (Fsp3) is 0.300. The third kappa shape index (κ3) is 4.04. The van der Waals surface area contributed by atoms with Gasteiger partial charge >= 0.3 is 0 Å². The molecule has 130 valence electrons. The highest BCUT2D eigenvalue weighted by molar-refractivity contribution is 8.15. The summed E-state index contributed by atoms with van der Waals surface area (Å²) in [6.07, 6.45) is 0.724. The predicted molar refractivity (Wildman–Crippen MR) is 104 cm³/mol. The number of carbonyl (C=O) groups is 1. The average Bonchev–Trinajstić information content (AvgIpc) is 2.92. The van der Waals surface area contributed by atoms with E-state index in [4.69, 9.17) is 4.74 Å². The number of nitrogens with zero attached hydrogens (tertiary/aromatic N) is 2. The quantitative estimate of drug-likeness (QED) is 0.808. The first-order chi connectivity index (χ1) is 12.1. The highest BCUT2D eigenvalue weighted by atomic mass is 32.2. The number of rotatable bonds is 5. The van der Waals surface area contributed by atoms with E-state index < -0.39 is 0 Å². The highest BCUT2D eigenvalue weighted by Crippen LogP contribution is 2.32. The Balaban J connectivity index is 1.79. The molecular formula is C20H22N2O2S. The summed E-state index contributed by atoms with van der Waals surface area (Å²) >= 11 is 1.55. The van der Waals surface area contributed by atoms with Gasteiger partial charge in [-0.3, -0.25) is 9.69 Å². The SMILES string of the molecule is CCN1C(=O)[C@H](Cc2ccc(C)cc2)SC1=Nc1ccc(OC)cc1. The molecule has 0 N–H and O–H groups in total. The Kier molecular flexibility index (Phi) is 5.43. The minimum absolute atomic E-state index is 0.111. The fourth-order valence-corrected chi connectivity index (χ4v) is 3.98. The van der Waals surface area contributed by atoms with Crippen LogP contribution in [0.25, 0.3) is 0 Å². The average molecular weight is 354 g/mol. The number of amides is 1. The van der Waals surface area contributed by atoms with E-state index in [1.54, 1.807) is 23.8 Å². The summed E-state index contributed by atoms with van der Waals surface area (Å²) in [4.78, 5) is 19.2. The van der Waals surface area contributed by atoms with Crippen molar-refractivity contribution in [3.8, 4) is 5.75 Å². The molecule has 1 fully saturated rings. The molecule has 3 rings (SSSR count). The Labute approximate surface area is 152 Å². The molecule has 1 aliphatic heterocycles. The number of hydrogen-bond donors (Lipinski definition) is 0. The van der Waals surface area contributed by atoms with Gasteiger partial charge in [0.2, 0.25) is 5.91 Å². The number of carbonyl (C=O) groups excluding carboxylic acids is 1. The van der Waals surface area contributed by atoms with Crippen molar-refractivity contribution in [1.82, 2.24) is 4.90 Å². The largest absolute Gasteiger partial charge is 0.497 e. The van der Waals surface area contributed by atoms with E-state index in [9.17, 15) is 4.79 Å². The molecule has 4 nitrogen and oxygen atoms in total. The second-order valence-corrected chi connectivity index (χ2v) is 7.14. The molecule has 25 heavy (non-hydrogen) atoms. The predicted octanol–water partition coefficient (Wildman–Crippen LogP) is 4.20. The van der Waals surface area contributed by atoms with Crippen LogP contribution in [0.4, 0.5) is 5.69 Å². The molecule has 0 saturated carbocycles. The molecule has 1 atom stereocenters. The maximum Gasteiger partial charge on any atom is 0.242 e. The Morgan fingerprint density at radius 1 is 1.12 bits per heavy atom. The summed E-state index contributed by atoms with van der Waals surface area (Å²) in [5.41, 5.74) is 3.23. The van der Waals surface area contributed by atoms with Gasteiger partial charge in [0.05, 0.1) is 18.0 Å². The van der Waals surface area contributed by atoms with Crippen molar-refractivity contribution in [2.24, 2.45) is 4.99 Å². The molecule has 2 aromatic rings. The van der Waals surface area contributed by atoms with Crippen molar-refractivity contribution in [3.05, 3.63) is 59.7 Å². The third-order valence-corrected chi connectivity index (χ3v) is 5.35. The summed E-state index contributed by atoms with van der Waals surface area (Å²) in [6, 6.07) is 15.9. The summed E-state index contributed by atoms with van der Waals surface area (Å²) in [7, 11) is 1.64. The number of methoxy groups -OCH3 is 1. The van der Waals surface area contributed by atoms with E-state index in [-0.39, 0.29) is 11.2 Å². The lowest BCUT2D eigenvalue weighted by molar-refractivity contribution is -0.126. The second-order valence-electron chi connectivity index (χ2n) is 5.97. The van der Waals surface area contributed by atoms with Crippen LogP contribution >= 0.6 is 11.8 Å². The maximum atomic E-state index is 12.7. The van der Waals surface area contributed by atoms with Gasteiger partial charge in [0.1, 0.15) is 5.75 Å². The Hall–Kier alpha value is -2.27. The first kappa shape index (κ1) is 17.5. The zero-order valence-electron chi connectivity index (χ0n) is 14.7. The summed E-state index contributed by atoms with van der Waals surface area (Å²) in [6.45, 7) is 4.68. The van der Waals surface area contributed by atoms with E-state index in [0.717, 1.165) is 23.0 Å². The van der Waals surface area contributed by atoms with Gasteiger partial charge in [0, 0.05) is 6.54 Å². The zero-order valence-corrected chi connectivity index (χ0v) is 15.5. The standard InChI is InChI=1S/C20H22N2O2S/c1-4-22-19(23)18(13-15-7-5-14(2)6-8-15)25-20(22)21-16-9-11-17(24-3)12-10-16/h5-12,18H,4,13H2,1-3H3/t18-/m0/s1. The fourth-order valence-electron chi connectivity index (χ4n) is 2.72. The van der Waals surface area contributed by atoms with E-state index in [0.29, 0.717) is 6.54 Å². The molecule has 2 aromatic carbocycles. The topological polar surface area (TPSA) is 41.9 Å². The van der Waals surface area contributed by atoms with Crippen molar-refractivity contribution >= 4 is 28.5 Å². The number of hydrogen-bond acceptors (Lipinski definition) is 4. The van der Waals surface area contributed by atoms with Crippen molar-refractivity contribution < 1.29 is 9.53 Å². The Bertz CT molecular complexity index is 769. The number of benzene rings is 2. The van der Waals surface area contributed by atoms with E-state index in [2.05, 4.69) is 36.2 Å². The molecule has 0 unspecified atom stereocenters. The first-order valence-electron chi connectivity index (χ1n) is 8.37. The Morgan fingerprint density at radius 2 is 1.80 bits per heavy atom. The number of amidine groups is 1. The lowest BCUT2D eigenvalue weighted by Crippen LogP contribution is -2.32. The summed E-state index contributed by atoms with van der Waals surface area (Å²) in [5, 5.41) is 0.662. The molecule has 1 aliphatic rings. The smallest absolute Gasteiger partial charge is 0.242 e. The van der Waals surface area contributed by atoms with Gasteiger partial charge < -0.3 is 4.74 Å². The molecule has 0 aliphatic carbocycles. The third-order valence-electron chi connectivity index (χ3n) is 4.18. The Morgan fingerprint density at radius 3 is 2.40 bits per heavy atom. The number of aryl methyl sites for hydroxylation is 1. The summed E-state index contributed by atoms with van der Waals surface area (Å²) in [5.74, 6) is 0.934. The van der Waals surface area contributed by atoms with Crippen LogP contribution in [-0.2, 0) is 11.2 Å². The zero-order chi connectivity index (χ0) is 17.8. The molecule has 1 heterocycles. The lowest BCUT2D eigenvalue weighted by Gasteiger charge is -2.13. The van der Waals surface area contributed by atoms with Crippen LogP contribution in [0.1, 0.15) is 18.1 Å². The molecule has 0 spiro atoms. The van der Waals surface area contributed by atoms with Crippen LogP contribution < -0.4 is 4.74 Å².